The standard InChI is InChI=1S/C14H21NO4S/c1-10(2)15(8-14(16)17)20(18,19)9-13-6-5-11(3)12(4)7-13/h5-7,10H,8-9H2,1-4H3,(H,16,17). The average Bonchev–Trinajstić information content (AvgIpc) is 2.30. The van der Waals surface area contributed by atoms with Gasteiger partial charge in [0.2, 0.25) is 10.0 Å². The zero-order valence-corrected chi connectivity index (χ0v) is 13.1. The summed E-state index contributed by atoms with van der Waals surface area (Å²) in [6.07, 6.45) is 0. The van der Waals surface area contributed by atoms with Gasteiger partial charge in [0.1, 0.15) is 6.54 Å². The number of hydrogen-bond donors (Lipinski definition) is 1. The van der Waals surface area contributed by atoms with Gasteiger partial charge in [-0.15, -0.1) is 0 Å². The van der Waals surface area contributed by atoms with E-state index in [0.717, 1.165) is 15.4 Å². The number of carbonyl (C=O) groups is 1. The molecule has 0 radical (unpaired) electrons. The molecule has 1 aromatic rings. The number of carboxylic acid groups (broad SMARTS) is 1. The molecule has 0 atom stereocenters. The summed E-state index contributed by atoms with van der Waals surface area (Å²) in [5, 5.41) is 8.84. The maximum absolute atomic E-state index is 12.3. The third kappa shape index (κ3) is 4.31. The smallest absolute Gasteiger partial charge is 0.318 e. The first kappa shape index (κ1) is 16.7. The van der Waals surface area contributed by atoms with Crippen molar-refractivity contribution in [2.75, 3.05) is 6.54 Å². The molecule has 0 aromatic heterocycles. The van der Waals surface area contributed by atoms with E-state index < -0.39 is 22.5 Å². The third-order valence-corrected chi connectivity index (χ3v) is 5.11. The molecule has 0 spiro atoms. The average molecular weight is 299 g/mol. The first-order chi connectivity index (χ1) is 9.13. The molecule has 0 heterocycles. The number of carboxylic acids is 1. The molecule has 0 unspecified atom stereocenters. The molecule has 6 heteroatoms. The van der Waals surface area contributed by atoms with E-state index >= 15 is 0 Å². The van der Waals surface area contributed by atoms with Gasteiger partial charge in [-0.25, -0.2) is 8.42 Å². The quantitative estimate of drug-likeness (QED) is 0.871. The van der Waals surface area contributed by atoms with E-state index in [2.05, 4.69) is 0 Å². The number of aliphatic carboxylic acids is 1. The van der Waals surface area contributed by atoms with Crippen LogP contribution in [0.15, 0.2) is 18.2 Å². The van der Waals surface area contributed by atoms with Crippen molar-refractivity contribution in [2.24, 2.45) is 0 Å². The summed E-state index contributed by atoms with van der Waals surface area (Å²) in [5.41, 5.74) is 2.79. The molecule has 0 amide bonds. The molecule has 112 valence electrons. The monoisotopic (exact) mass is 299 g/mol. The summed E-state index contributed by atoms with van der Waals surface area (Å²) in [6, 6.07) is 5.07. The lowest BCUT2D eigenvalue weighted by Crippen LogP contribution is -2.41. The molecule has 1 rings (SSSR count). The molecule has 0 saturated carbocycles. The molecule has 1 N–H and O–H groups in total. The normalized spacial score (nSPS) is 12.1. The number of aryl methyl sites for hydroxylation is 2. The molecule has 0 aliphatic carbocycles. The predicted octanol–water partition coefficient (Wildman–Crippen LogP) is 1.93. The molecule has 0 bridgehead atoms. The van der Waals surface area contributed by atoms with Crippen molar-refractivity contribution in [1.29, 1.82) is 0 Å². The Kier molecular flexibility index (Phi) is 5.30. The Balaban J connectivity index is 3.02. The Hall–Kier alpha value is -1.40. The zero-order valence-electron chi connectivity index (χ0n) is 12.3. The largest absolute Gasteiger partial charge is 0.480 e. The van der Waals surface area contributed by atoms with Gasteiger partial charge in [0.25, 0.3) is 0 Å². The van der Waals surface area contributed by atoms with Crippen LogP contribution in [-0.2, 0) is 20.6 Å². The summed E-state index contributed by atoms with van der Waals surface area (Å²) in [4.78, 5) is 10.8. The van der Waals surface area contributed by atoms with Gasteiger partial charge in [-0.2, -0.15) is 4.31 Å². The molecule has 20 heavy (non-hydrogen) atoms. The third-order valence-electron chi connectivity index (χ3n) is 3.14. The van der Waals surface area contributed by atoms with E-state index in [1.165, 1.54) is 0 Å². The minimum absolute atomic E-state index is 0.181. The fourth-order valence-corrected chi connectivity index (χ4v) is 3.64. The van der Waals surface area contributed by atoms with E-state index in [1.807, 2.05) is 26.0 Å². The topological polar surface area (TPSA) is 74.7 Å². The second-order valence-electron chi connectivity index (χ2n) is 5.21. The van der Waals surface area contributed by atoms with E-state index in [1.54, 1.807) is 19.9 Å². The van der Waals surface area contributed by atoms with Crippen LogP contribution in [0.25, 0.3) is 0 Å². The van der Waals surface area contributed by atoms with Crippen LogP contribution in [0.2, 0.25) is 0 Å². The Labute approximate surface area is 120 Å². The number of benzene rings is 1. The van der Waals surface area contributed by atoms with Gasteiger partial charge in [0.15, 0.2) is 0 Å². The van der Waals surface area contributed by atoms with Crippen molar-refractivity contribution in [1.82, 2.24) is 4.31 Å². The lowest BCUT2D eigenvalue weighted by Gasteiger charge is -2.24. The molecular formula is C14H21NO4S. The summed E-state index contributed by atoms with van der Waals surface area (Å²) < 4.78 is 25.7. The Bertz CT molecular complexity index is 593. The molecular weight excluding hydrogens is 278 g/mol. The van der Waals surface area contributed by atoms with Crippen molar-refractivity contribution in [3.05, 3.63) is 34.9 Å². The Morgan fingerprint density at radius 1 is 1.25 bits per heavy atom. The lowest BCUT2D eigenvalue weighted by atomic mass is 10.1. The van der Waals surface area contributed by atoms with Gasteiger partial charge in [-0.1, -0.05) is 18.2 Å². The summed E-state index contributed by atoms with van der Waals surface area (Å²) in [7, 11) is -3.65. The van der Waals surface area contributed by atoms with E-state index in [4.69, 9.17) is 5.11 Å². The molecule has 1 aromatic carbocycles. The van der Waals surface area contributed by atoms with Crippen molar-refractivity contribution < 1.29 is 18.3 Å². The van der Waals surface area contributed by atoms with Crippen molar-refractivity contribution in [2.45, 2.75) is 39.5 Å². The van der Waals surface area contributed by atoms with Crippen LogP contribution >= 0.6 is 0 Å². The van der Waals surface area contributed by atoms with Gasteiger partial charge in [-0.05, 0) is 44.4 Å². The number of rotatable bonds is 6. The van der Waals surface area contributed by atoms with E-state index in [9.17, 15) is 13.2 Å². The number of sulfonamides is 1. The first-order valence-corrected chi connectivity index (χ1v) is 8.02. The SMILES string of the molecule is Cc1ccc(CS(=O)(=O)N(CC(=O)O)C(C)C)cc1C. The summed E-state index contributed by atoms with van der Waals surface area (Å²) in [5.74, 6) is -1.33. The van der Waals surface area contributed by atoms with E-state index in [-0.39, 0.29) is 11.8 Å². The van der Waals surface area contributed by atoms with Gasteiger partial charge >= 0.3 is 5.97 Å². The fraction of sp³-hybridized carbons (Fsp3) is 0.500. The zero-order chi connectivity index (χ0) is 15.5. The maximum Gasteiger partial charge on any atom is 0.318 e. The molecule has 0 aliphatic rings. The molecule has 0 saturated heterocycles. The van der Waals surface area contributed by atoms with Crippen LogP contribution in [-0.4, -0.2) is 36.4 Å². The van der Waals surface area contributed by atoms with Crippen molar-refractivity contribution in [3.63, 3.8) is 0 Å². The highest BCUT2D eigenvalue weighted by Gasteiger charge is 2.27. The van der Waals surface area contributed by atoms with Gasteiger partial charge < -0.3 is 5.11 Å². The lowest BCUT2D eigenvalue weighted by molar-refractivity contribution is -0.137. The Morgan fingerprint density at radius 3 is 2.30 bits per heavy atom. The minimum Gasteiger partial charge on any atom is -0.480 e. The Morgan fingerprint density at radius 2 is 1.85 bits per heavy atom. The minimum atomic E-state index is -3.65. The van der Waals surface area contributed by atoms with E-state index in [0.29, 0.717) is 5.56 Å². The van der Waals surface area contributed by atoms with Gasteiger partial charge in [0.05, 0.1) is 5.75 Å². The number of nitrogens with zero attached hydrogens (tertiary/aromatic N) is 1. The van der Waals surface area contributed by atoms with Crippen molar-refractivity contribution >= 4 is 16.0 Å². The van der Waals surface area contributed by atoms with Gasteiger partial charge in [0, 0.05) is 6.04 Å². The van der Waals surface area contributed by atoms with Crippen LogP contribution in [0.5, 0.6) is 0 Å². The molecule has 0 fully saturated rings. The maximum atomic E-state index is 12.3. The highest BCUT2D eigenvalue weighted by atomic mass is 32.2. The van der Waals surface area contributed by atoms with Crippen LogP contribution < -0.4 is 0 Å². The van der Waals surface area contributed by atoms with Crippen LogP contribution in [0.3, 0.4) is 0 Å². The van der Waals surface area contributed by atoms with Crippen LogP contribution in [0.4, 0.5) is 0 Å². The second kappa shape index (κ2) is 6.37. The van der Waals surface area contributed by atoms with Crippen molar-refractivity contribution in [3.8, 4) is 0 Å². The first-order valence-electron chi connectivity index (χ1n) is 6.41. The predicted molar refractivity (Wildman–Crippen MR) is 78.0 cm³/mol. The number of hydrogen-bond acceptors (Lipinski definition) is 3. The van der Waals surface area contributed by atoms with Crippen LogP contribution in [0.1, 0.15) is 30.5 Å². The molecule has 5 nitrogen and oxygen atoms in total. The molecule has 0 aliphatic heterocycles. The summed E-state index contributed by atoms with van der Waals surface area (Å²) >= 11 is 0. The highest BCUT2D eigenvalue weighted by molar-refractivity contribution is 7.88. The second-order valence-corrected chi connectivity index (χ2v) is 7.13. The fourth-order valence-electron chi connectivity index (χ4n) is 1.92. The van der Waals surface area contributed by atoms with Crippen LogP contribution in [0, 0.1) is 13.8 Å². The highest BCUT2D eigenvalue weighted by Crippen LogP contribution is 2.16. The summed E-state index contributed by atoms with van der Waals surface area (Å²) in [6.45, 7) is 6.70. The van der Waals surface area contributed by atoms with Gasteiger partial charge in [-0.3, -0.25) is 4.79 Å².